The molecule has 0 fully saturated rings. The van der Waals surface area contributed by atoms with Gasteiger partial charge in [0.2, 0.25) is 5.91 Å². The summed E-state index contributed by atoms with van der Waals surface area (Å²) in [5, 5.41) is 14.2. The summed E-state index contributed by atoms with van der Waals surface area (Å²) in [6.07, 6.45) is 1.68. The normalized spacial score (nSPS) is 10.5. The van der Waals surface area contributed by atoms with Gasteiger partial charge in [-0.15, -0.1) is 0 Å². The van der Waals surface area contributed by atoms with E-state index in [1.165, 1.54) is 24.3 Å². The highest BCUT2D eigenvalue weighted by Crippen LogP contribution is 2.26. The van der Waals surface area contributed by atoms with Gasteiger partial charge in [0.1, 0.15) is 11.3 Å². The van der Waals surface area contributed by atoms with E-state index in [1.807, 2.05) is 6.07 Å². The number of non-ortho nitro benzene ring substituents is 1. The number of furan rings is 1. The molecule has 1 heterocycles. The molecule has 122 valence electrons. The van der Waals surface area contributed by atoms with Crippen molar-refractivity contribution in [3.63, 3.8) is 0 Å². The van der Waals surface area contributed by atoms with Gasteiger partial charge in [-0.1, -0.05) is 0 Å². The molecule has 0 atom stereocenters. The Balaban J connectivity index is 1.71. The number of nitro groups is 1. The van der Waals surface area contributed by atoms with Gasteiger partial charge >= 0.3 is 0 Å². The van der Waals surface area contributed by atoms with Crippen molar-refractivity contribution in [2.45, 2.75) is 6.42 Å². The van der Waals surface area contributed by atoms with Gasteiger partial charge in [0.25, 0.3) is 5.69 Å². The van der Waals surface area contributed by atoms with Crippen LogP contribution in [0.25, 0.3) is 11.0 Å². The lowest BCUT2D eigenvalue weighted by atomic mass is 10.1. The lowest BCUT2D eigenvalue weighted by molar-refractivity contribution is -0.384. The summed E-state index contributed by atoms with van der Waals surface area (Å²) in [4.78, 5) is 22.3. The lowest BCUT2D eigenvalue weighted by Crippen LogP contribution is -2.14. The van der Waals surface area contributed by atoms with Crippen molar-refractivity contribution in [3.8, 4) is 5.75 Å². The summed E-state index contributed by atoms with van der Waals surface area (Å²) in [7, 11) is 1.57. The number of nitro benzene ring substituents is 1. The molecule has 3 rings (SSSR count). The number of benzene rings is 2. The Hall–Kier alpha value is -3.35. The van der Waals surface area contributed by atoms with E-state index < -0.39 is 4.92 Å². The number of fused-ring (bicyclic) bond motifs is 1. The second-order valence-corrected chi connectivity index (χ2v) is 5.15. The number of carbonyl (C=O) groups is 1. The number of rotatable bonds is 5. The predicted molar refractivity (Wildman–Crippen MR) is 88.2 cm³/mol. The van der Waals surface area contributed by atoms with Crippen molar-refractivity contribution in [1.29, 1.82) is 0 Å². The predicted octanol–water partition coefficient (Wildman–Crippen LogP) is 3.53. The van der Waals surface area contributed by atoms with Crippen molar-refractivity contribution in [2.75, 3.05) is 12.4 Å². The first kappa shape index (κ1) is 15.5. The Labute approximate surface area is 137 Å². The van der Waals surface area contributed by atoms with Gasteiger partial charge in [-0.25, -0.2) is 0 Å². The molecule has 0 bridgehead atoms. The number of nitrogens with zero attached hydrogens (tertiary/aromatic N) is 1. The van der Waals surface area contributed by atoms with Gasteiger partial charge in [0.15, 0.2) is 0 Å². The highest BCUT2D eigenvalue weighted by molar-refractivity contribution is 5.95. The van der Waals surface area contributed by atoms with Crippen LogP contribution in [0.15, 0.2) is 53.1 Å². The van der Waals surface area contributed by atoms with Crippen LogP contribution in [0.4, 0.5) is 11.4 Å². The van der Waals surface area contributed by atoms with E-state index in [0.717, 1.165) is 10.9 Å². The molecule has 7 heteroatoms. The van der Waals surface area contributed by atoms with Crippen LogP contribution in [-0.4, -0.2) is 17.9 Å². The second-order valence-electron chi connectivity index (χ2n) is 5.15. The molecule has 2 aromatic carbocycles. The van der Waals surface area contributed by atoms with Crippen LogP contribution in [0.1, 0.15) is 5.56 Å². The van der Waals surface area contributed by atoms with E-state index in [2.05, 4.69) is 5.32 Å². The molecule has 7 nitrogen and oxygen atoms in total. The number of amides is 1. The zero-order valence-electron chi connectivity index (χ0n) is 12.8. The number of anilines is 1. The fourth-order valence-electron chi connectivity index (χ4n) is 2.37. The van der Waals surface area contributed by atoms with Gasteiger partial charge in [-0.2, -0.15) is 0 Å². The first-order valence-electron chi connectivity index (χ1n) is 7.15. The first-order chi connectivity index (χ1) is 11.6. The van der Waals surface area contributed by atoms with E-state index in [0.29, 0.717) is 17.0 Å². The molecule has 0 unspecified atom stereocenters. The van der Waals surface area contributed by atoms with Crippen molar-refractivity contribution >= 4 is 28.3 Å². The third-order valence-electron chi connectivity index (χ3n) is 3.58. The topological polar surface area (TPSA) is 94.6 Å². The molecule has 0 spiro atoms. The fourth-order valence-corrected chi connectivity index (χ4v) is 2.37. The van der Waals surface area contributed by atoms with Crippen LogP contribution < -0.4 is 10.1 Å². The number of ether oxygens (including phenoxy) is 1. The Morgan fingerprint density at radius 3 is 2.67 bits per heavy atom. The molecule has 0 aliphatic heterocycles. The SMILES string of the molecule is COc1ccc2c(CC(=O)Nc3ccc([N+](=O)[O-])cc3)coc2c1. The summed E-state index contributed by atoms with van der Waals surface area (Å²) in [6.45, 7) is 0. The largest absolute Gasteiger partial charge is 0.497 e. The van der Waals surface area contributed by atoms with Crippen molar-refractivity contribution < 1.29 is 18.9 Å². The molecule has 0 saturated carbocycles. The summed E-state index contributed by atoms with van der Waals surface area (Å²) in [6, 6.07) is 11.1. The highest BCUT2D eigenvalue weighted by Gasteiger charge is 2.12. The standard InChI is InChI=1S/C17H14N2O5/c1-23-14-6-7-15-11(10-24-16(15)9-14)8-17(20)18-12-2-4-13(5-3-12)19(21)22/h2-7,9-10H,8H2,1H3,(H,18,20). The number of hydrogen-bond acceptors (Lipinski definition) is 5. The number of nitrogens with one attached hydrogen (secondary N) is 1. The summed E-state index contributed by atoms with van der Waals surface area (Å²) in [5.41, 5.74) is 1.88. The third kappa shape index (κ3) is 3.19. The van der Waals surface area contributed by atoms with Crippen molar-refractivity contribution in [3.05, 3.63) is 64.4 Å². The molecule has 0 aliphatic carbocycles. The minimum Gasteiger partial charge on any atom is -0.497 e. The van der Waals surface area contributed by atoms with Gasteiger partial charge < -0.3 is 14.5 Å². The van der Waals surface area contributed by atoms with E-state index >= 15 is 0 Å². The average molecular weight is 326 g/mol. The molecule has 0 saturated heterocycles. The van der Waals surface area contributed by atoms with Crippen LogP contribution >= 0.6 is 0 Å². The van der Waals surface area contributed by atoms with Gasteiger partial charge in [-0.05, 0) is 24.3 Å². The van der Waals surface area contributed by atoms with Gasteiger partial charge in [0, 0.05) is 34.8 Å². The molecule has 1 N–H and O–H groups in total. The zero-order chi connectivity index (χ0) is 17.1. The number of methoxy groups -OCH3 is 1. The van der Waals surface area contributed by atoms with Crippen molar-refractivity contribution in [2.24, 2.45) is 0 Å². The van der Waals surface area contributed by atoms with E-state index in [-0.39, 0.29) is 18.0 Å². The molecule has 3 aromatic rings. The monoisotopic (exact) mass is 326 g/mol. The summed E-state index contributed by atoms with van der Waals surface area (Å²) in [5.74, 6) is 0.445. The van der Waals surface area contributed by atoms with Crippen LogP contribution in [0.5, 0.6) is 5.75 Å². The molecule has 1 aromatic heterocycles. The smallest absolute Gasteiger partial charge is 0.269 e. The fraction of sp³-hybridized carbons (Fsp3) is 0.118. The second kappa shape index (κ2) is 6.41. The summed E-state index contributed by atoms with van der Waals surface area (Å²) >= 11 is 0. The Morgan fingerprint density at radius 1 is 1.25 bits per heavy atom. The molecule has 0 radical (unpaired) electrons. The van der Waals surface area contributed by atoms with Gasteiger partial charge in [-0.3, -0.25) is 14.9 Å². The van der Waals surface area contributed by atoms with Crippen LogP contribution in [0.2, 0.25) is 0 Å². The van der Waals surface area contributed by atoms with Gasteiger partial charge in [0.05, 0.1) is 24.7 Å². The van der Waals surface area contributed by atoms with Crippen LogP contribution in [-0.2, 0) is 11.2 Å². The average Bonchev–Trinajstić information content (AvgIpc) is 2.97. The molecule has 24 heavy (non-hydrogen) atoms. The molecular weight excluding hydrogens is 312 g/mol. The van der Waals surface area contributed by atoms with E-state index in [9.17, 15) is 14.9 Å². The maximum absolute atomic E-state index is 12.2. The maximum atomic E-state index is 12.2. The maximum Gasteiger partial charge on any atom is 0.269 e. The lowest BCUT2D eigenvalue weighted by Gasteiger charge is -2.04. The minimum absolute atomic E-state index is 0.0252. The summed E-state index contributed by atoms with van der Waals surface area (Å²) < 4.78 is 10.6. The number of carbonyl (C=O) groups excluding carboxylic acids is 1. The van der Waals surface area contributed by atoms with E-state index in [1.54, 1.807) is 25.5 Å². The molecule has 1 amide bonds. The zero-order valence-corrected chi connectivity index (χ0v) is 12.8. The Kier molecular flexibility index (Phi) is 4.15. The molecule has 0 aliphatic rings. The minimum atomic E-state index is -0.489. The number of hydrogen-bond donors (Lipinski definition) is 1. The Bertz CT molecular complexity index is 899. The third-order valence-corrected chi connectivity index (χ3v) is 3.58. The van der Waals surface area contributed by atoms with Crippen molar-refractivity contribution in [1.82, 2.24) is 0 Å². The van der Waals surface area contributed by atoms with Crippen LogP contribution in [0, 0.1) is 10.1 Å². The molecular formula is C17H14N2O5. The highest BCUT2D eigenvalue weighted by atomic mass is 16.6. The first-order valence-corrected chi connectivity index (χ1v) is 7.15. The quantitative estimate of drug-likeness (QED) is 0.571. The Morgan fingerprint density at radius 2 is 2.00 bits per heavy atom. The van der Waals surface area contributed by atoms with Crippen LogP contribution in [0.3, 0.4) is 0 Å². The van der Waals surface area contributed by atoms with E-state index in [4.69, 9.17) is 9.15 Å².